The van der Waals surface area contributed by atoms with E-state index in [1.165, 1.54) is 5.56 Å². The Morgan fingerprint density at radius 1 is 0.500 bits per heavy atom. The van der Waals surface area contributed by atoms with Crippen molar-refractivity contribution in [1.82, 2.24) is 0 Å². The maximum atomic E-state index is 12.5. The van der Waals surface area contributed by atoms with Crippen molar-refractivity contribution >= 4 is 50.2 Å². The SMILES string of the molecule is CC(C)(C)c1ccc2c(-c3ccc4ccccc4c3)c(P(O)(O)(O)c3ccc4ccccc4c3)c(C(C)(C)C)cc2c1. The van der Waals surface area contributed by atoms with E-state index in [2.05, 4.69) is 90.1 Å². The Kier molecular flexibility index (Phi) is 6.42. The Hall–Kier alpha value is -3.59. The average molecular weight is 575 g/mol. The van der Waals surface area contributed by atoms with E-state index in [9.17, 15) is 14.7 Å². The summed E-state index contributed by atoms with van der Waals surface area (Å²) in [7, 11) is -5.70. The van der Waals surface area contributed by atoms with E-state index in [0.717, 1.165) is 37.9 Å². The first kappa shape index (κ1) is 28.5. The molecular weight excluding hydrogens is 535 g/mol. The van der Waals surface area contributed by atoms with Gasteiger partial charge in [0.25, 0.3) is 0 Å². The second kappa shape index (κ2) is 9.46. The molecule has 0 heterocycles. The Labute approximate surface area is 248 Å². The van der Waals surface area contributed by atoms with E-state index < -0.39 is 12.7 Å². The zero-order chi connectivity index (χ0) is 30.1. The summed E-state index contributed by atoms with van der Waals surface area (Å²) in [5.74, 6) is 0. The van der Waals surface area contributed by atoms with Gasteiger partial charge in [-0.25, -0.2) is 0 Å². The first-order valence-corrected chi connectivity index (χ1v) is 16.6. The van der Waals surface area contributed by atoms with E-state index in [4.69, 9.17) is 0 Å². The van der Waals surface area contributed by atoms with E-state index in [1.807, 2.05) is 48.5 Å². The van der Waals surface area contributed by atoms with Gasteiger partial charge < -0.3 is 0 Å². The third-order valence-electron chi connectivity index (χ3n) is 8.45. The zero-order valence-electron chi connectivity index (χ0n) is 25.2. The zero-order valence-corrected chi connectivity index (χ0v) is 26.1. The minimum absolute atomic E-state index is 0.0624. The number of rotatable bonds is 3. The number of benzene rings is 6. The third kappa shape index (κ3) is 4.81. The summed E-state index contributed by atoms with van der Waals surface area (Å²) >= 11 is 0. The van der Waals surface area contributed by atoms with Crippen LogP contribution in [0.4, 0.5) is 0 Å². The molecule has 3 N–H and O–H groups in total. The van der Waals surface area contributed by atoms with E-state index >= 15 is 0 Å². The molecule has 6 rings (SSSR count). The first-order chi connectivity index (χ1) is 19.6. The van der Waals surface area contributed by atoms with Crippen molar-refractivity contribution in [3.8, 4) is 11.1 Å². The van der Waals surface area contributed by atoms with Gasteiger partial charge in [0.2, 0.25) is 0 Å². The van der Waals surface area contributed by atoms with Crippen LogP contribution in [0.15, 0.2) is 109 Å². The van der Waals surface area contributed by atoms with Crippen LogP contribution in [0.1, 0.15) is 52.7 Å². The summed E-state index contributed by atoms with van der Waals surface area (Å²) < 4.78 is 0. The van der Waals surface area contributed by atoms with Crippen molar-refractivity contribution in [2.75, 3.05) is 0 Å². The van der Waals surface area contributed by atoms with Crippen molar-refractivity contribution in [1.29, 1.82) is 0 Å². The van der Waals surface area contributed by atoms with E-state index in [-0.39, 0.29) is 16.0 Å². The van der Waals surface area contributed by atoms with Crippen LogP contribution in [0.3, 0.4) is 0 Å². The Bertz CT molecular complexity index is 2000. The molecule has 3 nitrogen and oxygen atoms in total. The molecule has 0 aliphatic rings. The number of fused-ring (bicyclic) bond motifs is 3. The van der Waals surface area contributed by atoms with Crippen LogP contribution in [0.25, 0.3) is 43.4 Å². The Morgan fingerprint density at radius 2 is 1.07 bits per heavy atom. The van der Waals surface area contributed by atoms with Crippen molar-refractivity contribution in [3.05, 3.63) is 120 Å². The molecule has 0 aromatic heterocycles. The fourth-order valence-electron chi connectivity index (χ4n) is 6.06. The summed E-state index contributed by atoms with van der Waals surface area (Å²) in [6, 6.07) is 35.7. The topological polar surface area (TPSA) is 60.7 Å². The predicted molar refractivity (Wildman–Crippen MR) is 181 cm³/mol. The Balaban J connectivity index is 1.79. The van der Waals surface area contributed by atoms with Gasteiger partial charge in [0, 0.05) is 0 Å². The van der Waals surface area contributed by atoms with Gasteiger partial charge in [-0.15, -0.1) is 0 Å². The van der Waals surface area contributed by atoms with Crippen LogP contribution >= 0.6 is 7.28 Å². The molecule has 0 unspecified atom stereocenters. The normalized spacial score (nSPS) is 13.9. The van der Waals surface area contributed by atoms with Gasteiger partial charge in [0.1, 0.15) is 0 Å². The molecule has 6 aromatic rings. The standard InChI is InChI=1S/C38H39O3P/c1-37(2,3)31-18-20-33-30(22-31)24-34(38(4,5)6)36(35(33)29-16-15-25-11-7-9-13-27(25)21-29)42(39,40,41)32-19-17-26-12-8-10-14-28(26)23-32/h7-24,39-41H,1-6H3. The van der Waals surface area contributed by atoms with Crippen LogP contribution in [0.5, 0.6) is 0 Å². The third-order valence-corrected chi connectivity index (χ3v) is 11.0. The molecule has 0 saturated heterocycles. The molecule has 214 valence electrons. The van der Waals surface area contributed by atoms with Gasteiger partial charge in [-0.05, 0) is 0 Å². The molecule has 0 radical (unpaired) electrons. The first-order valence-electron chi connectivity index (χ1n) is 14.5. The molecular formula is C38H39O3P. The minimum atomic E-state index is -5.70. The number of hydrogen-bond donors (Lipinski definition) is 3. The van der Waals surface area contributed by atoms with Crippen molar-refractivity contribution in [3.63, 3.8) is 0 Å². The monoisotopic (exact) mass is 574 g/mol. The molecule has 42 heavy (non-hydrogen) atoms. The van der Waals surface area contributed by atoms with Gasteiger partial charge in [-0.3, -0.25) is 0 Å². The van der Waals surface area contributed by atoms with E-state index in [0.29, 0.717) is 11.1 Å². The summed E-state index contributed by atoms with van der Waals surface area (Å²) in [6.45, 7) is 12.8. The van der Waals surface area contributed by atoms with Crippen molar-refractivity contribution < 1.29 is 14.7 Å². The molecule has 4 heteroatoms. The molecule has 0 fully saturated rings. The van der Waals surface area contributed by atoms with Crippen LogP contribution in [-0.4, -0.2) is 14.7 Å². The fraction of sp³-hybridized carbons (Fsp3) is 0.211. The number of hydrogen-bond acceptors (Lipinski definition) is 3. The van der Waals surface area contributed by atoms with Crippen molar-refractivity contribution in [2.45, 2.75) is 52.4 Å². The van der Waals surface area contributed by atoms with Crippen LogP contribution in [-0.2, 0) is 10.8 Å². The second-order valence-electron chi connectivity index (χ2n) is 13.7. The predicted octanol–water partition coefficient (Wildman–Crippen LogP) is 8.63. The molecule has 0 spiro atoms. The van der Waals surface area contributed by atoms with Gasteiger partial charge in [-0.1, -0.05) is 0 Å². The Morgan fingerprint density at radius 3 is 1.67 bits per heavy atom. The fourth-order valence-corrected chi connectivity index (χ4v) is 8.55. The van der Waals surface area contributed by atoms with E-state index in [1.54, 1.807) is 12.1 Å². The van der Waals surface area contributed by atoms with Gasteiger partial charge in [0.05, 0.1) is 0 Å². The maximum absolute atomic E-state index is 12.5. The van der Waals surface area contributed by atoms with Crippen LogP contribution < -0.4 is 10.6 Å². The molecule has 0 aliphatic carbocycles. The molecule has 0 amide bonds. The van der Waals surface area contributed by atoms with Crippen molar-refractivity contribution in [2.24, 2.45) is 0 Å². The molecule has 0 atom stereocenters. The van der Waals surface area contributed by atoms with Gasteiger partial charge >= 0.3 is 249 Å². The van der Waals surface area contributed by atoms with Crippen LogP contribution in [0.2, 0.25) is 0 Å². The average Bonchev–Trinajstić information content (AvgIpc) is 2.94. The van der Waals surface area contributed by atoms with Gasteiger partial charge in [-0.2, -0.15) is 0 Å². The summed E-state index contributed by atoms with van der Waals surface area (Å²) in [6.07, 6.45) is 0. The quantitative estimate of drug-likeness (QED) is 0.185. The molecule has 0 aliphatic heterocycles. The summed E-state index contributed by atoms with van der Waals surface area (Å²) in [4.78, 5) is 37.4. The van der Waals surface area contributed by atoms with Crippen LogP contribution in [0, 0.1) is 0 Å². The summed E-state index contributed by atoms with van der Waals surface area (Å²) in [5, 5.41) is 6.14. The second-order valence-corrected chi connectivity index (χ2v) is 16.6. The molecule has 0 saturated carbocycles. The van der Waals surface area contributed by atoms with Gasteiger partial charge in [0.15, 0.2) is 0 Å². The summed E-state index contributed by atoms with van der Waals surface area (Å²) in [5.41, 5.74) is 2.81. The molecule has 6 aromatic carbocycles. The molecule has 0 bridgehead atoms.